The molecule has 0 spiro atoms. The maximum atomic E-state index is 13.5. The summed E-state index contributed by atoms with van der Waals surface area (Å²) in [5.41, 5.74) is 1.29. The normalized spacial score (nSPS) is 10.5. The standard InChI is InChI=1S/C15H14F2O2/c1-10-4-2-5-11(8-18)15(10)19-9-12-13(16)6-3-7-14(12)17/h2-7,18H,8-9H2,1H3. The molecule has 0 fully saturated rings. The number of para-hydroxylation sites is 1. The molecular weight excluding hydrogens is 250 g/mol. The highest BCUT2D eigenvalue weighted by Gasteiger charge is 2.11. The Bertz CT molecular complexity index is 562. The van der Waals surface area contributed by atoms with E-state index in [9.17, 15) is 13.9 Å². The topological polar surface area (TPSA) is 29.5 Å². The number of aliphatic hydroxyl groups is 1. The lowest BCUT2D eigenvalue weighted by Crippen LogP contribution is -2.04. The molecule has 100 valence electrons. The summed E-state index contributed by atoms with van der Waals surface area (Å²) in [6, 6.07) is 8.99. The van der Waals surface area contributed by atoms with Crippen LogP contribution in [0.25, 0.3) is 0 Å². The van der Waals surface area contributed by atoms with Crippen molar-refractivity contribution in [3.8, 4) is 5.75 Å². The number of hydrogen-bond acceptors (Lipinski definition) is 2. The fraction of sp³-hybridized carbons (Fsp3) is 0.200. The van der Waals surface area contributed by atoms with E-state index in [1.54, 1.807) is 12.1 Å². The number of aryl methyl sites for hydroxylation is 1. The smallest absolute Gasteiger partial charge is 0.132 e. The molecule has 0 aliphatic rings. The minimum absolute atomic E-state index is 0.116. The van der Waals surface area contributed by atoms with E-state index in [1.807, 2.05) is 13.0 Å². The van der Waals surface area contributed by atoms with E-state index in [0.29, 0.717) is 11.3 Å². The van der Waals surface area contributed by atoms with Gasteiger partial charge in [0.15, 0.2) is 0 Å². The van der Waals surface area contributed by atoms with Crippen LogP contribution in [0.1, 0.15) is 16.7 Å². The van der Waals surface area contributed by atoms with E-state index in [4.69, 9.17) is 4.74 Å². The van der Waals surface area contributed by atoms with Crippen LogP contribution in [0.5, 0.6) is 5.75 Å². The van der Waals surface area contributed by atoms with E-state index in [2.05, 4.69) is 0 Å². The Hall–Kier alpha value is -1.94. The Morgan fingerprint density at radius 1 is 1.05 bits per heavy atom. The Morgan fingerprint density at radius 2 is 1.68 bits per heavy atom. The van der Waals surface area contributed by atoms with Crippen molar-refractivity contribution < 1.29 is 18.6 Å². The molecule has 1 N–H and O–H groups in total. The summed E-state index contributed by atoms with van der Waals surface area (Å²) < 4.78 is 32.4. The largest absolute Gasteiger partial charge is 0.488 e. The first kappa shape index (κ1) is 13.5. The SMILES string of the molecule is Cc1cccc(CO)c1OCc1c(F)cccc1F. The van der Waals surface area contributed by atoms with Crippen LogP contribution in [-0.2, 0) is 13.2 Å². The van der Waals surface area contributed by atoms with Crippen LogP contribution < -0.4 is 4.74 Å². The van der Waals surface area contributed by atoms with Gasteiger partial charge in [0.25, 0.3) is 0 Å². The highest BCUT2D eigenvalue weighted by Crippen LogP contribution is 2.25. The highest BCUT2D eigenvalue weighted by molar-refractivity contribution is 5.40. The molecule has 2 aromatic rings. The van der Waals surface area contributed by atoms with Gasteiger partial charge in [0, 0.05) is 5.56 Å². The summed E-state index contributed by atoms with van der Waals surface area (Å²) in [7, 11) is 0. The zero-order valence-electron chi connectivity index (χ0n) is 10.5. The second kappa shape index (κ2) is 5.80. The summed E-state index contributed by atoms with van der Waals surface area (Å²) in [6.07, 6.45) is 0. The van der Waals surface area contributed by atoms with E-state index in [1.165, 1.54) is 18.2 Å². The molecule has 0 bridgehead atoms. The van der Waals surface area contributed by atoms with Gasteiger partial charge in [0.1, 0.15) is 24.0 Å². The fourth-order valence-electron chi connectivity index (χ4n) is 1.86. The van der Waals surface area contributed by atoms with Crippen molar-refractivity contribution in [2.45, 2.75) is 20.1 Å². The molecule has 0 saturated heterocycles. The predicted octanol–water partition coefficient (Wildman–Crippen LogP) is 3.34. The van der Waals surface area contributed by atoms with Crippen molar-refractivity contribution in [3.63, 3.8) is 0 Å². The zero-order chi connectivity index (χ0) is 13.8. The molecule has 0 saturated carbocycles. The Balaban J connectivity index is 2.24. The summed E-state index contributed by atoms with van der Waals surface area (Å²) in [4.78, 5) is 0. The maximum Gasteiger partial charge on any atom is 0.132 e. The third kappa shape index (κ3) is 2.90. The summed E-state index contributed by atoms with van der Waals surface area (Å²) >= 11 is 0. The molecule has 19 heavy (non-hydrogen) atoms. The number of hydrogen-bond donors (Lipinski definition) is 1. The van der Waals surface area contributed by atoms with Gasteiger partial charge in [-0.05, 0) is 24.6 Å². The second-order valence-electron chi connectivity index (χ2n) is 4.21. The number of benzene rings is 2. The van der Waals surface area contributed by atoms with Crippen molar-refractivity contribution in [3.05, 3.63) is 64.7 Å². The molecule has 4 heteroatoms. The quantitative estimate of drug-likeness (QED) is 0.917. The third-order valence-electron chi connectivity index (χ3n) is 2.89. The Labute approximate surface area is 110 Å². The fourth-order valence-corrected chi connectivity index (χ4v) is 1.86. The number of ether oxygens (including phenoxy) is 1. The first-order chi connectivity index (χ1) is 9.13. The number of halogens is 2. The van der Waals surface area contributed by atoms with Crippen molar-refractivity contribution in [2.75, 3.05) is 0 Å². The van der Waals surface area contributed by atoms with Crippen molar-refractivity contribution in [1.82, 2.24) is 0 Å². The van der Waals surface area contributed by atoms with Crippen LogP contribution in [-0.4, -0.2) is 5.11 Å². The second-order valence-corrected chi connectivity index (χ2v) is 4.21. The monoisotopic (exact) mass is 264 g/mol. The average molecular weight is 264 g/mol. The van der Waals surface area contributed by atoms with Crippen LogP contribution in [0, 0.1) is 18.6 Å². The maximum absolute atomic E-state index is 13.5. The number of aliphatic hydroxyl groups excluding tert-OH is 1. The average Bonchev–Trinajstić information content (AvgIpc) is 2.39. The predicted molar refractivity (Wildman–Crippen MR) is 67.8 cm³/mol. The summed E-state index contributed by atoms with van der Waals surface area (Å²) in [5, 5.41) is 9.22. The molecule has 2 aromatic carbocycles. The first-order valence-electron chi connectivity index (χ1n) is 5.88. The molecule has 2 nitrogen and oxygen atoms in total. The van der Waals surface area contributed by atoms with Crippen molar-refractivity contribution in [1.29, 1.82) is 0 Å². The van der Waals surface area contributed by atoms with Gasteiger partial charge in [-0.3, -0.25) is 0 Å². The molecular formula is C15H14F2O2. The molecule has 0 aliphatic carbocycles. The molecule has 0 aromatic heterocycles. The zero-order valence-corrected chi connectivity index (χ0v) is 10.5. The molecule has 0 radical (unpaired) electrons. The molecule has 0 heterocycles. The van der Waals surface area contributed by atoms with Gasteiger partial charge in [0.05, 0.1) is 12.2 Å². The van der Waals surface area contributed by atoms with Crippen LogP contribution in [0.2, 0.25) is 0 Å². The summed E-state index contributed by atoms with van der Waals surface area (Å²) in [5.74, 6) is -0.814. The van der Waals surface area contributed by atoms with Gasteiger partial charge >= 0.3 is 0 Å². The van der Waals surface area contributed by atoms with Crippen molar-refractivity contribution >= 4 is 0 Å². The Kier molecular flexibility index (Phi) is 4.12. The van der Waals surface area contributed by atoms with Crippen LogP contribution >= 0.6 is 0 Å². The van der Waals surface area contributed by atoms with E-state index < -0.39 is 11.6 Å². The van der Waals surface area contributed by atoms with E-state index in [0.717, 1.165) is 5.56 Å². The highest BCUT2D eigenvalue weighted by atomic mass is 19.1. The molecule has 0 amide bonds. The molecule has 2 rings (SSSR count). The number of rotatable bonds is 4. The van der Waals surface area contributed by atoms with Gasteiger partial charge in [-0.1, -0.05) is 24.3 Å². The lowest BCUT2D eigenvalue weighted by Gasteiger charge is -2.13. The molecule has 0 atom stereocenters. The van der Waals surface area contributed by atoms with Gasteiger partial charge < -0.3 is 9.84 Å². The lowest BCUT2D eigenvalue weighted by molar-refractivity contribution is 0.254. The third-order valence-corrected chi connectivity index (χ3v) is 2.89. The van der Waals surface area contributed by atoms with Gasteiger partial charge in [-0.25, -0.2) is 8.78 Å². The van der Waals surface area contributed by atoms with Crippen LogP contribution in [0.15, 0.2) is 36.4 Å². The summed E-state index contributed by atoms with van der Waals surface area (Å²) in [6.45, 7) is 1.42. The molecule has 0 unspecified atom stereocenters. The van der Waals surface area contributed by atoms with Crippen LogP contribution in [0.4, 0.5) is 8.78 Å². The molecule has 0 aliphatic heterocycles. The minimum Gasteiger partial charge on any atom is -0.488 e. The Morgan fingerprint density at radius 3 is 2.32 bits per heavy atom. The van der Waals surface area contributed by atoms with E-state index in [-0.39, 0.29) is 18.8 Å². The minimum atomic E-state index is -0.640. The van der Waals surface area contributed by atoms with Crippen LogP contribution in [0.3, 0.4) is 0 Å². The van der Waals surface area contributed by atoms with Gasteiger partial charge in [-0.2, -0.15) is 0 Å². The van der Waals surface area contributed by atoms with E-state index >= 15 is 0 Å². The first-order valence-corrected chi connectivity index (χ1v) is 5.88. The van der Waals surface area contributed by atoms with Crippen molar-refractivity contribution in [2.24, 2.45) is 0 Å². The lowest BCUT2D eigenvalue weighted by atomic mass is 10.1. The van der Waals surface area contributed by atoms with Gasteiger partial charge in [-0.15, -0.1) is 0 Å². The van der Waals surface area contributed by atoms with Gasteiger partial charge in [0.2, 0.25) is 0 Å².